The molecule has 2 N–H and O–H groups in total. The molecule has 1 aromatic rings. The lowest BCUT2D eigenvalue weighted by Crippen LogP contribution is -2.24. The van der Waals surface area contributed by atoms with Gasteiger partial charge in [0.05, 0.1) is 0 Å². The predicted molar refractivity (Wildman–Crippen MR) is 67.7 cm³/mol. The van der Waals surface area contributed by atoms with Crippen molar-refractivity contribution in [3.63, 3.8) is 0 Å². The van der Waals surface area contributed by atoms with E-state index in [1.165, 1.54) is 0 Å². The maximum Gasteiger partial charge on any atom is 0.271 e. The molecule has 0 bridgehead atoms. The Balaban J connectivity index is 2.61. The molecule has 0 unspecified atom stereocenters. The summed E-state index contributed by atoms with van der Waals surface area (Å²) in [5, 5.41) is 3.81. The largest absolute Gasteiger partial charge is 0.395 e. The zero-order chi connectivity index (χ0) is 12.5. The van der Waals surface area contributed by atoms with E-state index in [9.17, 15) is 4.79 Å². The molecule has 92 valence electrons. The maximum absolute atomic E-state index is 11.2. The van der Waals surface area contributed by atoms with Gasteiger partial charge in [0.1, 0.15) is 6.61 Å². The molecular formula is C13H18N2O2. The first kappa shape index (κ1) is 13.2. The second-order valence-corrected chi connectivity index (χ2v) is 3.71. The van der Waals surface area contributed by atoms with E-state index in [4.69, 9.17) is 10.6 Å². The monoisotopic (exact) mass is 234 g/mol. The van der Waals surface area contributed by atoms with Gasteiger partial charge in [-0.05, 0) is 6.42 Å². The highest BCUT2D eigenvalue weighted by Gasteiger charge is 2.10. The molecule has 0 aliphatic rings. The van der Waals surface area contributed by atoms with Crippen LogP contribution in [0.2, 0.25) is 0 Å². The van der Waals surface area contributed by atoms with Crippen LogP contribution in [0.1, 0.15) is 31.7 Å². The smallest absolute Gasteiger partial charge is 0.271 e. The maximum atomic E-state index is 11.2. The van der Waals surface area contributed by atoms with Crippen molar-refractivity contribution in [1.29, 1.82) is 0 Å². The molecule has 0 spiro atoms. The van der Waals surface area contributed by atoms with Crippen LogP contribution in [-0.4, -0.2) is 18.2 Å². The number of nitrogens with zero attached hydrogens (tertiary/aromatic N) is 1. The normalized spacial score (nSPS) is 11.2. The van der Waals surface area contributed by atoms with E-state index in [1.807, 2.05) is 18.2 Å². The number of amides is 1. The number of oxime groups is 1. The van der Waals surface area contributed by atoms with E-state index < -0.39 is 5.91 Å². The van der Waals surface area contributed by atoms with Gasteiger partial charge in [-0.3, -0.25) is 4.79 Å². The molecule has 0 fully saturated rings. The number of carbonyl (C=O) groups is 1. The molecule has 0 saturated carbocycles. The van der Waals surface area contributed by atoms with Crippen LogP contribution in [-0.2, 0) is 9.63 Å². The van der Waals surface area contributed by atoms with Crippen molar-refractivity contribution in [2.24, 2.45) is 10.9 Å². The molecule has 1 rings (SSSR count). The van der Waals surface area contributed by atoms with Gasteiger partial charge in [-0.25, -0.2) is 0 Å². The fourth-order valence-corrected chi connectivity index (χ4v) is 1.36. The quantitative estimate of drug-likeness (QED) is 0.446. The van der Waals surface area contributed by atoms with Gasteiger partial charge in [0.2, 0.25) is 0 Å². The minimum absolute atomic E-state index is 0.169. The van der Waals surface area contributed by atoms with E-state index in [1.54, 1.807) is 12.1 Å². The Labute approximate surface area is 101 Å². The Morgan fingerprint density at radius 2 is 2.00 bits per heavy atom. The highest BCUT2D eigenvalue weighted by Crippen LogP contribution is 2.02. The third kappa shape index (κ3) is 4.68. The fraction of sp³-hybridized carbons (Fsp3) is 0.385. The van der Waals surface area contributed by atoms with Crippen molar-refractivity contribution in [3.8, 4) is 0 Å². The lowest BCUT2D eigenvalue weighted by Gasteiger charge is -2.03. The van der Waals surface area contributed by atoms with Crippen LogP contribution in [0.5, 0.6) is 0 Å². The van der Waals surface area contributed by atoms with Crippen molar-refractivity contribution < 1.29 is 9.63 Å². The van der Waals surface area contributed by atoms with Crippen LogP contribution in [0.15, 0.2) is 35.5 Å². The molecular weight excluding hydrogens is 216 g/mol. The fourth-order valence-electron chi connectivity index (χ4n) is 1.36. The molecule has 0 saturated heterocycles. The van der Waals surface area contributed by atoms with Gasteiger partial charge in [0.15, 0.2) is 5.71 Å². The number of rotatable bonds is 7. The Kier molecular flexibility index (Phi) is 5.79. The minimum Gasteiger partial charge on any atom is -0.395 e. The summed E-state index contributed by atoms with van der Waals surface area (Å²) < 4.78 is 0. The summed E-state index contributed by atoms with van der Waals surface area (Å²) in [5.41, 5.74) is 6.10. The summed E-state index contributed by atoms with van der Waals surface area (Å²) in [5.74, 6) is -0.577. The van der Waals surface area contributed by atoms with E-state index in [0.29, 0.717) is 12.2 Å². The highest BCUT2D eigenvalue weighted by molar-refractivity contribution is 6.44. The van der Waals surface area contributed by atoms with Crippen LogP contribution in [0.3, 0.4) is 0 Å². The first-order valence-corrected chi connectivity index (χ1v) is 5.81. The Hall–Kier alpha value is -1.84. The van der Waals surface area contributed by atoms with Crippen LogP contribution < -0.4 is 5.73 Å². The number of primary amides is 1. The van der Waals surface area contributed by atoms with Crippen LogP contribution in [0.25, 0.3) is 0 Å². The lowest BCUT2D eigenvalue weighted by atomic mass is 10.1. The van der Waals surface area contributed by atoms with Crippen molar-refractivity contribution >= 4 is 11.6 Å². The van der Waals surface area contributed by atoms with Gasteiger partial charge in [-0.2, -0.15) is 0 Å². The van der Waals surface area contributed by atoms with Crippen LogP contribution in [0, 0.1) is 0 Å². The summed E-state index contributed by atoms with van der Waals surface area (Å²) in [7, 11) is 0. The molecule has 0 atom stereocenters. The number of benzene rings is 1. The molecule has 0 aliphatic carbocycles. The standard InChI is InChI=1S/C13H18N2O2/c1-2-3-7-10-17-15-12(13(14)16)11-8-5-4-6-9-11/h4-6,8-9H,2-3,7,10H2,1H3,(H2,14,16). The number of hydrogen-bond donors (Lipinski definition) is 1. The first-order valence-electron chi connectivity index (χ1n) is 5.81. The number of carbonyl (C=O) groups excluding carboxylic acids is 1. The van der Waals surface area contributed by atoms with E-state index in [2.05, 4.69) is 12.1 Å². The second-order valence-electron chi connectivity index (χ2n) is 3.71. The van der Waals surface area contributed by atoms with Gasteiger partial charge < -0.3 is 10.6 Å². The number of hydrogen-bond acceptors (Lipinski definition) is 3. The summed E-state index contributed by atoms with van der Waals surface area (Å²) in [4.78, 5) is 16.3. The zero-order valence-corrected chi connectivity index (χ0v) is 10.1. The predicted octanol–water partition coefficient (Wildman–Crippen LogP) is 2.08. The molecule has 0 radical (unpaired) electrons. The van der Waals surface area contributed by atoms with Crippen molar-refractivity contribution in [2.75, 3.05) is 6.61 Å². The van der Waals surface area contributed by atoms with Gasteiger partial charge in [0.25, 0.3) is 5.91 Å². The summed E-state index contributed by atoms with van der Waals surface area (Å²) >= 11 is 0. The summed E-state index contributed by atoms with van der Waals surface area (Å²) in [6.45, 7) is 2.62. The van der Waals surface area contributed by atoms with Gasteiger partial charge >= 0.3 is 0 Å². The summed E-state index contributed by atoms with van der Waals surface area (Å²) in [6.07, 6.45) is 3.14. The average Bonchev–Trinajstić information content (AvgIpc) is 2.34. The second kappa shape index (κ2) is 7.44. The molecule has 4 heteroatoms. The zero-order valence-electron chi connectivity index (χ0n) is 10.1. The first-order chi connectivity index (χ1) is 8.25. The van der Waals surface area contributed by atoms with E-state index in [0.717, 1.165) is 19.3 Å². The molecule has 0 aliphatic heterocycles. The van der Waals surface area contributed by atoms with Crippen molar-refractivity contribution in [3.05, 3.63) is 35.9 Å². The third-order valence-electron chi connectivity index (χ3n) is 2.28. The molecule has 1 amide bonds. The van der Waals surface area contributed by atoms with Crippen molar-refractivity contribution in [2.45, 2.75) is 26.2 Å². The number of nitrogens with two attached hydrogens (primary N) is 1. The lowest BCUT2D eigenvalue weighted by molar-refractivity contribution is -0.112. The molecule has 4 nitrogen and oxygen atoms in total. The SMILES string of the molecule is CCCCCON=C(C(N)=O)c1ccccc1. The number of unbranched alkanes of at least 4 members (excludes halogenated alkanes) is 2. The third-order valence-corrected chi connectivity index (χ3v) is 2.28. The highest BCUT2D eigenvalue weighted by atomic mass is 16.6. The minimum atomic E-state index is -0.577. The summed E-state index contributed by atoms with van der Waals surface area (Å²) in [6, 6.07) is 9.07. The van der Waals surface area contributed by atoms with Gasteiger partial charge in [-0.15, -0.1) is 0 Å². The average molecular weight is 234 g/mol. The molecule has 1 aromatic carbocycles. The van der Waals surface area contributed by atoms with E-state index >= 15 is 0 Å². The van der Waals surface area contributed by atoms with Gasteiger partial charge in [0, 0.05) is 5.56 Å². The van der Waals surface area contributed by atoms with Crippen molar-refractivity contribution in [1.82, 2.24) is 0 Å². The van der Waals surface area contributed by atoms with E-state index in [-0.39, 0.29) is 5.71 Å². The van der Waals surface area contributed by atoms with Crippen LogP contribution in [0.4, 0.5) is 0 Å². The Morgan fingerprint density at radius 3 is 2.59 bits per heavy atom. The van der Waals surface area contributed by atoms with Crippen LogP contribution >= 0.6 is 0 Å². The Bertz CT molecular complexity index is 374. The topological polar surface area (TPSA) is 64.7 Å². The molecule has 17 heavy (non-hydrogen) atoms. The van der Waals surface area contributed by atoms with Gasteiger partial charge in [-0.1, -0.05) is 55.3 Å². The molecule has 0 heterocycles. The molecule has 0 aromatic heterocycles. The Morgan fingerprint density at radius 1 is 1.29 bits per heavy atom.